The molecule has 3 aromatic rings. The van der Waals surface area contributed by atoms with Gasteiger partial charge in [-0.05, 0) is 48.7 Å². The molecule has 1 saturated heterocycles. The summed E-state index contributed by atoms with van der Waals surface area (Å²) < 4.78 is 20.2. The summed E-state index contributed by atoms with van der Waals surface area (Å²) in [6.45, 7) is 4.91. The second-order valence-electron chi connectivity index (χ2n) is 7.06. The second-order valence-corrected chi connectivity index (χ2v) is 7.84. The lowest BCUT2D eigenvalue weighted by molar-refractivity contribution is -0.127. The van der Waals surface area contributed by atoms with E-state index in [1.165, 1.54) is 24.5 Å². The van der Waals surface area contributed by atoms with Crippen LogP contribution in [0.1, 0.15) is 24.3 Å². The molecule has 30 heavy (non-hydrogen) atoms. The summed E-state index contributed by atoms with van der Waals surface area (Å²) in [5.41, 5.74) is 1.71. The van der Waals surface area contributed by atoms with Gasteiger partial charge in [0, 0.05) is 19.0 Å². The van der Waals surface area contributed by atoms with E-state index in [0.717, 1.165) is 24.9 Å². The van der Waals surface area contributed by atoms with Crippen molar-refractivity contribution < 1.29 is 13.9 Å². The monoisotopic (exact) mass is 445 g/mol. The number of aromatic nitrogens is 2. The van der Waals surface area contributed by atoms with Gasteiger partial charge in [0.1, 0.15) is 6.33 Å². The number of hydrogen-bond acceptors (Lipinski definition) is 4. The lowest BCUT2D eigenvalue weighted by Gasteiger charge is -2.32. The lowest BCUT2D eigenvalue weighted by atomic mass is 9.90. The third-order valence-corrected chi connectivity index (χ3v) is 5.99. The van der Waals surface area contributed by atoms with Gasteiger partial charge in [0.2, 0.25) is 11.8 Å². The van der Waals surface area contributed by atoms with Gasteiger partial charge in [-0.1, -0.05) is 35.8 Å². The zero-order valence-electron chi connectivity index (χ0n) is 15.9. The zero-order chi connectivity index (χ0) is 21.3. The molecule has 0 radical (unpaired) electrons. The second kappa shape index (κ2) is 8.58. The first-order valence-electron chi connectivity index (χ1n) is 9.45. The van der Waals surface area contributed by atoms with Gasteiger partial charge in [0.05, 0.1) is 20.9 Å². The Bertz CT molecular complexity index is 1140. The van der Waals surface area contributed by atoms with Crippen LogP contribution in [-0.4, -0.2) is 33.9 Å². The predicted molar refractivity (Wildman–Crippen MR) is 115 cm³/mol. The van der Waals surface area contributed by atoms with E-state index in [-0.39, 0.29) is 33.5 Å². The summed E-state index contributed by atoms with van der Waals surface area (Å²) >= 11 is 11.7. The van der Waals surface area contributed by atoms with E-state index >= 15 is 0 Å². The number of piperidine rings is 1. The molecule has 1 aromatic heterocycles. The number of hydrogen-bond donors (Lipinski definition) is 0. The molecule has 0 unspecified atom stereocenters. The first-order chi connectivity index (χ1) is 14.5. The Balaban J connectivity index is 1.68. The average molecular weight is 446 g/mol. The van der Waals surface area contributed by atoms with Crippen molar-refractivity contribution in [3.05, 3.63) is 70.7 Å². The molecule has 2 aromatic carbocycles. The van der Waals surface area contributed by atoms with Crippen LogP contribution in [-0.2, 0) is 4.79 Å². The molecule has 0 spiro atoms. The minimum Gasteiger partial charge on any atom is -0.435 e. The van der Waals surface area contributed by atoms with Crippen LogP contribution in [0.2, 0.25) is 10.0 Å². The molecule has 154 valence electrons. The van der Waals surface area contributed by atoms with Gasteiger partial charge in [-0.25, -0.2) is 14.4 Å². The van der Waals surface area contributed by atoms with Gasteiger partial charge >= 0.3 is 0 Å². The summed E-state index contributed by atoms with van der Waals surface area (Å²) in [7, 11) is 0. The summed E-state index contributed by atoms with van der Waals surface area (Å²) in [6, 6.07) is 8.67. The van der Waals surface area contributed by atoms with E-state index in [9.17, 15) is 9.18 Å². The van der Waals surface area contributed by atoms with Gasteiger partial charge in [0.25, 0.3) is 0 Å². The Labute approximate surface area is 183 Å². The molecular formula is C22H18Cl2FN3O2. The fourth-order valence-electron chi connectivity index (χ4n) is 3.66. The van der Waals surface area contributed by atoms with E-state index in [4.69, 9.17) is 27.9 Å². The molecule has 2 heterocycles. The number of carbonyl (C=O) groups is 1. The fraction of sp³-hybridized carbons (Fsp3) is 0.227. The number of fused-ring (bicyclic) bond motifs is 1. The van der Waals surface area contributed by atoms with Crippen LogP contribution in [0.5, 0.6) is 11.6 Å². The quantitative estimate of drug-likeness (QED) is 0.378. The number of amides is 1. The van der Waals surface area contributed by atoms with E-state index in [0.29, 0.717) is 17.4 Å². The molecule has 0 N–H and O–H groups in total. The number of ether oxygens (including phenoxy) is 1. The van der Waals surface area contributed by atoms with Gasteiger partial charge in [-0.15, -0.1) is 0 Å². The summed E-state index contributed by atoms with van der Waals surface area (Å²) in [5, 5.41) is 0.544. The molecule has 0 bridgehead atoms. The van der Waals surface area contributed by atoms with E-state index in [1.807, 2.05) is 18.2 Å². The van der Waals surface area contributed by atoms with Crippen molar-refractivity contribution in [2.45, 2.75) is 18.8 Å². The normalized spacial score (nSPS) is 16.5. The Morgan fingerprint density at radius 1 is 1.27 bits per heavy atom. The molecule has 0 aliphatic carbocycles. The molecule has 4 rings (SSSR count). The van der Waals surface area contributed by atoms with Crippen molar-refractivity contribution in [3.63, 3.8) is 0 Å². The molecule has 0 saturated carbocycles. The number of rotatable bonds is 4. The maximum absolute atomic E-state index is 14.4. The Morgan fingerprint density at radius 2 is 2.10 bits per heavy atom. The average Bonchev–Trinajstić information content (AvgIpc) is 2.79. The standard InChI is InChI=1S/C22H18Cl2FN3O2/c1-2-19(29)28-9-3-4-14(11-28)13-5-7-17-15(10-13)22(27-12-26-17)30-18-8-6-16(23)20(24)21(18)25/h2,5-8,10,12,14H,1,3-4,9,11H2/t14-/m0/s1. The van der Waals surface area contributed by atoms with Crippen LogP contribution in [0.3, 0.4) is 0 Å². The molecule has 1 aliphatic rings. The Kier molecular flexibility index (Phi) is 5.88. The fourth-order valence-corrected chi connectivity index (χ4v) is 3.96. The molecule has 8 heteroatoms. The third kappa shape index (κ3) is 3.98. The van der Waals surface area contributed by atoms with Gasteiger partial charge in [-0.2, -0.15) is 0 Å². The van der Waals surface area contributed by atoms with Crippen LogP contribution in [0.4, 0.5) is 4.39 Å². The maximum atomic E-state index is 14.4. The highest BCUT2D eigenvalue weighted by Gasteiger charge is 2.24. The first-order valence-corrected chi connectivity index (χ1v) is 10.2. The number of halogens is 3. The highest BCUT2D eigenvalue weighted by atomic mass is 35.5. The smallest absolute Gasteiger partial charge is 0.245 e. The SMILES string of the molecule is C=CC(=O)N1CCC[C@H](c2ccc3ncnc(Oc4ccc(Cl)c(Cl)c4F)c3c2)C1. The summed E-state index contributed by atoms with van der Waals surface area (Å²) in [4.78, 5) is 22.3. The van der Waals surface area contributed by atoms with Crippen molar-refractivity contribution in [2.24, 2.45) is 0 Å². The number of carbonyl (C=O) groups excluding carboxylic acids is 1. The van der Waals surface area contributed by atoms with Gasteiger partial charge in [-0.3, -0.25) is 4.79 Å². The van der Waals surface area contributed by atoms with E-state index < -0.39 is 5.82 Å². The number of benzene rings is 2. The van der Waals surface area contributed by atoms with Crippen molar-refractivity contribution in [3.8, 4) is 11.6 Å². The molecule has 1 aliphatic heterocycles. The summed E-state index contributed by atoms with van der Waals surface area (Å²) in [5.74, 6) is -0.508. The molecule has 1 amide bonds. The number of likely N-dealkylation sites (tertiary alicyclic amines) is 1. The molecule has 5 nitrogen and oxygen atoms in total. The Morgan fingerprint density at radius 3 is 2.90 bits per heavy atom. The van der Waals surface area contributed by atoms with Crippen molar-refractivity contribution >= 4 is 40.0 Å². The molecule has 1 fully saturated rings. The Hall–Kier alpha value is -2.70. The topological polar surface area (TPSA) is 55.3 Å². The van der Waals surface area contributed by atoms with Crippen molar-refractivity contribution in [1.82, 2.24) is 14.9 Å². The van der Waals surface area contributed by atoms with Crippen molar-refractivity contribution in [2.75, 3.05) is 13.1 Å². The van der Waals surface area contributed by atoms with Crippen LogP contribution in [0, 0.1) is 5.82 Å². The van der Waals surface area contributed by atoms with E-state index in [2.05, 4.69) is 16.5 Å². The summed E-state index contributed by atoms with van der Waals surface area (Å²) in [6.07, 6.45) is 4.56. The highest BCUT2D eigenvalue weighted by Crippen LogP contribution is 2.36. The third-order valence-electron chi connectivity index (χ3n) is 5.21. The first kappa shape index (κ1) is 20.6. The van der Waals surface area contributed by atoms with Crippen LogP contribution in [0.15, 0.2) is 49.3 Å². The van der Waals surface area contributed by atoms with Crippen LogP contribution < -0.4 is 4.74 Å². The van der Waals surface area contributed by atoms with Gasteiger partial charge < -0.3 is 9.64 Å². The maximum Gasteiger partial charge on any atom is 0.245 e. The minimum absolute atomic E-state index is 0.0667. The van der Waals surface area contributed by atoms with Crippen LogP contribution in [0.25, 0.3) is 10.9 Å². The molecule has 1 atom stereocenters. The predicted octanol–water partition coefficient (Wildman–Crippen LogP) is 5.76. The molecular weight excluding hydrogens is 428 g/mol. The van der Waals surface area contributed by atoms with Crippen LogP contribution >= 0.6 is 23.2 Å². The van der Waals surface area contributed by atoms with E-state index in [1.54, 1.807) is 4.90 Å². The minimum atomic E-state index is -0.752. The highest BCUT2D eigenvalue weighted by molar-refractivity contribution is 6.42. The van der Waals surface area contributed by atoms with Crippen molar-refractivity contribution in [1.29, 1.82) is 0 Å². The lowest BCUT2D eigenvalue weighted by Crippen LogP contribution is -2.38. The van der Waals surface area contributed by atoms with Gasteiger partial charge in [0.15, 0.2) is 11.6 Å². The number of nitrogens with zero attached hydrogens (tertiary/aromatic N) is 3. The zero-order valence-corrected chi connectivity index (χ0v) is 17.5. The largest absolute Gasteiger partial charge is 0.435 e.